The highest BCUT2D eigenvalue weighted by Gasteiger charge is 2.29. The van der Waals surface area contributed by atoms with Gasteiger partial charge >= 0.3 is 0 Å². The molecular formula is C26H26Br2ClN5O2. The molecule has 0 fully saturated rings. The van der Waals surface area contributed by atoms with Gasteiger partial charge in [0.2, 0.25) is 0 Å². The molecule has 0 saturated heterocycles. The smallest absolute Gasteiger partial charge is 0.195 e. The molecule has 0 aliphatic heterocycles. The monoisotopic (exact) mass is 633 g/mol. The molecule has 188 valence electrons. The van der Waals surface area contributed by atoms with Crippen LogP contribution in [0.25, 0.3) is 5.69 Å². The summed E-state index contributed by atoms with van der Waals surface area (Å²) in [6.07, 6.45) is 0.346. The minimum absolute atomic E-state index is 0. The van der Waals surface area contributed by atoms with E-state index in [1.54, 1.807) is 54.0 Å². The Balaban J connectivity index is 0.00000228. The average Bonchev–Trinajstić information content (AvgIpc) is 3.24. The maximum Gasteiger partial charge on any atom is 0.195 e. The first-order chi connectivity index (χ1) is 16.4. The maximum absolute atomic E-state index is 13.3. The van der Waals surface area contributed by atoms with Gasteiger partial charge in [-0.05, 0) is 37.1 Å². The third-order valence-corrected chi connectivity index (χ3v) is 5.81. The van der Waals surface area contributed by atoms with Crippen molar-refractivity contribution in [1.29, 1.82) is 0 Å². The van der Waals surface area contributed by atoms with Crippen molar-refractivity contribution < 1.29 is 9.59 Å². The van der Waals surface area contributed by atoms with Crippen LogP contribution in [0.3, 0.4) is 0 Å². The molecule has 2 atom stereocenters. The molecule has 0 saturated carbocycles. The van der Waals surface area contributed by atoms with E-state index in [9.17, 15) is 9.59 Å². The van der Waals surface area contributed by atoms with Crippen molar-refractivity contribution in [3.05, 3.63) is 112 Å². The third-order valence-electron chi connectivity index (χ3n) is 5.58. The van der Waals surface area contributed by atoms with Gasteiger partial charge in [-0.25, -0.2) is 0 Å². The van der Waals surface area contributed by atoms with Crippen molar-refractivity contribution in [2.24, 2.45) is 11.5 Å². The van der Waals surface area contributed by atoms with Gasteiger partial charge in [0.1, 0.15) is 11.9 Å². The van der Waals surface area contributed by atoms with E-state index in [1.807, 2.05) is 36.4 Å². The van der Waals surface area contributed by atoms with Crippen LogP contribution in [0.2, 0.25) is 5.02 Å². The Morgan fingerprint density at radius 2 is 1.53 bits per heavy atom. The maximum atomic E-state index is 13.3. The largest absolute Gasteiger partial charge is 0.321 e. The Bertz CT molecular complexity index is 1330. The molecule has 36 heavy (non-hydrogen) atoms. The van der Waals surface area contributed by atoms with E-state index in [1.165, 1.54) is 0 Å². The molecule has 4 aromatic rings. The van der Waals surface area contributed by atoms with Crippen LogP contribution < -0.4 is 11.5 Å². The van der Waals surface area contributed by atoms with Gasteiger partial charge in [0.25, 0.3) is 0 Å². The number of carbonyl (C=O) groups is 2. The SMILES string of the molecule is Br.Br.Cc1nnc(C(N)C(=O)[C@@H](N)Cc2ccccc2)n1-c1ccc(Cl)cc1C(=O)c1ccccc1. The van der Waals surface area contributed by atoms with Crippen LogP contribution in [0, 0.1) is 6.92 Å². The number of nitrogens with zero attached hydrogens (tertiary/aromatic N) is 3. The fourth-order valence-corrected chi connectivity index (χ4v) is 4.01. The fourth-order valence-electron chi connectivity index (χ4n) is 3.83. The number of hydrogen-bond acceptors (Lipinski definition) is 6. The molecule has 1 unspecified atom stereocenters. The minimum atomic E-state index is -1.13. The normalized spacial score (nSPS) is 12.1. The number of aromatic nitrogens is 3. The summed E-state index contributed by atoms with van der Waals surface area (Å²) in [6, 6.07) is 21.3. The predicted octanol–water partition coefficient (Wildman–Crippen LogP) is 4.75. The standard InChI is InChI=1S/C26H24ClN5O2.2BrH/c1-16-30-31-26(23(29)25(34)21(28)14-17-8-4-2-5-9-17)32(16)22-13-12-19(27)15-20(22)24(33)18-10-6-3-7-11-18;;/h2-13,15,21,23H,14,28-29H2,1H3;2*1H/t21-,23?;;/m0../s1. The Morgan fingerprint density at radius 3 is 2.17 bits per heavy atom. The zero-order valence-electron chi connectivity index (χ0n) is 19.4. The average molecular weight is 636 g/mol. The predicted molar refractivity (Wildman–Crippen MR) is 152 cm³/mol. The Labute approximate surface area is 235 Å². The summed E-state index contributed by atoms with van der Waals surface area (Å²) in [7, 11) is 0. The lowest BCUT2D eigenvalue weighted by Crippen LogP contribution is -2.40. The number of Topliss-reactive ketones (excluding diaryl/α,β-unsaturated/α-hetero) is 1. The summed E-state index contributed by atoms with van der Waals surface area (Å²) in [5.41, 5.74) is 14.8. The first-order valence-corrected chi connectivity index (χ1v) is 11.1. The highest BCUT2D eigenvalue weighted by Crippen LogP contribution is 2.26. The number of carbonyl (C=O) groups excluding carboxylic acids is 2. The Kier molecular flexibility index (Phi) is 10.7. The van der Waals surface area contributed by atoms with Crippen molar-refractivity contribution >= 4 is 57.1 Å². The van der Waals surface area contributed by atoms with E-state index >= 15 is 0 Å². The lowest BCUT2D eigenvalue weighted by atomic mass is 9.98. The first kappa shape index (κ1) is 29.5. The molecule has 0 aliphatic rings. The fraction of sp³-hybridized carbons (Fsp3) is 0.154. The van der Waals surface area contributed by atoms with Crippen LogP contribution in [-0.4, -0.2) is 32.4 Å². The van der Waals surface area contributed by atoms with E-state index in [4.69, 9.17) is 23.1 Å². The first-order valence-electron chi connectivity index (χ1n) is 10.8. The van der Waals surface area contributed by atoms with Gasteiger partial charge in [0, 0.05) is 16.1 Å². The Hall–Kier alpha value is -2.69. The van der Waals surface area contributed by atoms with Crippen molar-refractivity contribution in [1.82, 2.24) is 14.8 Å². The summed E-state index contributed by atoms with van der Waals surface area (Å²) in [5, 5.41) is 8.70. The second-order valence-corrected chi connectivity index (χ2v) is 8.41. The molecule has 1 heterocycles. The molecule has 0 aliphatic carbocycles. The molecule has 0 spiro atoms. The Morgan fingerprint density at radius 1 is 0.917 bits per heavy atom. The van der Waals surface area contributed by atoms with Crippen LogP contribution in [0.4, 0.5) is 0 Å². The summed E-state index contributed by atoms with van der Waals surface area (Å²) in [4.78, 5) is 26.4. The summed E-state index contributed by atoms with van der Waals surface area (Å²) >= 11 is 6.23. The van der Waals surface area contributed by atoms with Crippen LogP contribution in [0.15, 0.2) is 78.9 Å². The quantitative estimate of drug-likeness (QED) is 0.270. The van der Waals surface area contributed by atoms with Gasteiger partial charge in [-0.1, -0.05) is 72.3 Å². The number of hydrogen-bond donors (Lipinski definition) is 2. The zero-order valence-corrected chi connectivity index (χ0v) is 23.6. The van der Waals surface area contributed by atoms with Crippen molar-refractivity contribution in [2.45, 2.75) is 25.4 Å². The topological polar surface area (TPSA) is 117 Å². The summed E-state index contributed by atoms with van der Waals surface area (Å²) in [6.45, 7) is 1.73. The highest BCUT2D eigenvalue weighted by molar-refractivity contribution is 8.93. The van der Waals surface area contributed by atoms with E-state index in [-0.39, 0.29) is 51.4 Å². The van der Waals surface area contributed by atoms with Gasteiger partial charge < -0.3 is 11.5 Å². The molecular weight excluding hydrogens is 610 g/mol. The van der Waals surface area contributed by atoms with Gasteiger partial charge in [-0.3, -0.25) is 14.2 Å². The van der Waals surface area contributed by atoms with Gasteiger partial charge in [0.15, 0.2) is 17.4 Å². The molecule has 0 radical (unpaired) electrons. The second kappa shape index (κ2) is 13.0. The van der Waals surface area contributed by atoms with Gasteiger partial charge in [-0.2, -0.15) is 0 Å². The van der Waals surface area contributed by atoms with Gasteiger partial charge in [0.05, 0.1) is 11.7 Å². The van der Waals surface area contributed by atoms with E-state index in [0.717, 1.165) is 5.56 Å². The van der Waals surface area contributed by atoms with Crippen molar-refractivity contribution in [3.63, 3.8) is 0 Å². The molecule has 3 aromatic carbocycles. The van der Waals surface area contributed by atoms with E-state index in [0.29, 0.717) is 34.1 Å². The summed E-state index contributed by atoms with van der Waals surface area (Å²) in [5.74, 6) is 0.0787. The van der Waals surface area contributed by atoms with Crippen LogP contribution >= 0.6 is 45.6 Å². The molecule has 0 bridgehead atoms. The lowest BCUT2D eigenvalue weighted by molar-refractivity contribution is -0.121. The number of rotatable bonds is 8. The van der Waals surface area contributed by atoms with Crippen LogP contribution in [0.1, 0.15) is 39.2 Å². The second-order valence-electron chi connectivity index (χ2n) is 7.97. The molecule has 1 aromatic heterocycles. The molecule has 10 heteroatoms. The number of ketones is 2. The zero-order chi connectivity index (χ0) is 24.2. The number of halogens is 3. The summed E-state index contributed by atoms with van der Waals surface area (Å²) < 4.78 is 1.62. The lowest BCUT2D eigenvalue weighted by Gasteiger charge is -2.19. The van der Waals surface area contributed by atoms with Crippen LogP contribution in [-0.2, 0) is 11.2 Å². The minimum Gasteiger partial charge on any atom is -0.321 e. The third kappa shape index (κ3) is 6.35. The van der Waals surface area contributed by atoms with E-state index < -0.39 is 12.1 Å². The van der Waals surface area contributed by atoms with Crippen LogP contribution in [0.5, 0.6) is 0 Å². The molecule has 4 N–H and O–H groups in total. The highest BCUT2D eigenvalue weighted by atomic mass is 79.9. The van der Waals surface area contributed by atoms with Crippen molar-refractivity contribution in [3.8, 4) is 5.69 Å². The number of aryl methyl sites for hydroxylation is 1. The van der Waals surface area contributed by atoms with Gasteiger partial charge in [-0.15, -0.1) is 44.2 Å². The molecule has 4 rings (SSSR count). The molecule has 7 nitrogen and oxygen atoms in total. The number of nitrogens with two attached hydrogens (primary N) is 2. The number of benzene rings is 3. The van der Waals surface area contributed by atoms with Crippen molar-refractivity contribution in [2.75, 3.05) is 0 Å². The van der Waals surface area contributed by atoms with E-state index in [2.05, 4.69) is 10.2 Å². The molecule has 0 amide bonds.